The van der Waals surface area contributed by atoms with Gasteiger partial charge in [-0.1, -0.05) is 15.9 Å². The molecule has 0 aliphatic carbocycles. The number of hydrogen-bond acceptors (Lipinski definition) is 4. The number of ether oxygens (including phenoxy) is 1. The van der Waals surface area contributed by atoms with Crippen LogP contribution in [0.15, 0.2) is 0 Å². The fraction of sp³-hybridized carbons (Fsp3) is 0.875. The molecule has 4 nitrogen and oxygen atoms in total. The van der Waals surface area contributed by atoms with Crippen molar-refractivity contribution in [2.24, 2.45) is 0 Å². The maximum atomic E-state index is 12.1. The van der Waals surface area contributed by atoms with Crippen LogP contribution >= 0.6 is 15.9 Å². The number of esters is 1. The zero-order valence-electron chi connectivity index (χ0n) is 8.63. The van der Waals surface area contributed by atoms with Crippen molar-refractivity contribution >= 4 is 21.9 Å². The minimum atomic E-state index is -4.36. The summed E-state index contributed by atoms with van der Waals surface area (Å²) in [4.78, 5) is 11.1. The van der Waals surface area contributed by atoms with Gasteiger partial charge in [-0.2, -0.15) is 13.2 Å². The average molecular weight is 308 g/mol. The van der Waals surface area contributed by atoms with E-state index < -0.39 is 30.1 Å². The second-order valence-electron chi connectivity index (χ2n) is 3.06. The normalized spacial score (nSPS) is 13.9. The average Bonchev–Trinajstić information content (AvgIpc) is 2.14. The molecular weight excluding hydrogens is 295 g/mol. The largest absolute Gasteiger partial charge is 0.468 e. The molecule has 0 amide bonds. The van der Waals surface area contributed by atoms with Crippen LogP contribution in [0.25, 0.3) is 0 Å². The maximum Gasteiger partial charge on any atom is 0.401 e. The molecule has 96 valence electrons. The van der Waals surface area contributed by atoms with Crippen molar-refractivity contribution in [3.8, 4) is 0 Å². The highest BCUT2D eigenvalue weighted by atomic mass is 79.9. The molecule has 0 aromatic rings. The standard InChI is InChI=1S/C8H13BrF3NO3/c1-16-7(15)6(9)4-13(2-3-14)5-8(10,11)12/h6,14H,2-5H2,1H3. The molecule has 0 aliphatic rings. The summed E-state index contributed by atoms with van der Waals surface area (Å²) in [6.45, 7) is -1.91. The highest BCUT2D eigenvalue weighted by Gasteiger charge is 2.32. The fourth-order valence-corrected chi connectivity index (χ4v) is 1.66. The quantitative estimate of drug-likeness (QED) is 0.582. The van der Waals surface area contributed by atoms with Crippen molar-refractivity contribution in [3.05, 3.63) is 0 Å². The Morgan fingerprint density at radius 1 is 1.56 bits per heavy atom. The number of nitrogens with zero attached hydrogens (tertiary/aromatic N) is 1. The lowest BCUT2D eigenvalue weighted by atomic mass is 10.3. The van der Waals surface area contributed by atoms with Gasteiger partial charge in [0.1, 0.15) is 4.83 Å². The number of aliphatic hydroxyl groups is 1. The molecule has 1 unspecified atom stereocenters. The van der Waals surface area contributed by atoms with Crippen molar-refractivity contribution in [2.75, 3.05) is 33.4 Å². The van der Waals surface area contributed by atoms with Crippen LogP contribution in [0.5, 0.6) is 0 Å². The van der Waals surface area contributed by atoms with Gasteiger partial charge in [0.05, 0.1) is 20.3 Å². The van der Waals surface area contributed by atoms with E-state index >= 15 is 0 Å². The number of rotatable bonds is 6. The van der Waals surface area contributed by atoms with Gasteiger partial charge in [-0.15, -0.1) is 0 Å². The lowest BCUT2D eigenvalue weighted by molar-refractivity contribution is -0.150. The molecule has 16 heavy (non-hydrogen) atoms. The zero-order valence-corrected chi connectivity index (χ0v) is 10.2. The Kier molecular flexibility index (Phi) is 6.93. The van der Waals surface area contributed by atoms with Gasteiger partial charge in [0.2, 0.25) is 0 Å². The van der Waals surface area contributed by atoms with Crippen LogP contribution in [0.1, 0.15) is 0 Å². The molecule has 0 spiro atoms. The Morgan fingerprint density at radius 2 is 2.12 bits per heavy atom. The highest BCUT2D eigenvalue weighted by Crippen LogP contribution is 2.17. The molecule has 0 rings (SSSR count). The first-order valence-corrected chi connectivity index (χ1v) is 5.33. The molecule has 1 atom stereocenters. The van der Waals surface area contributed by atoms with Crippen LogP contribution in [-0.4, -0.2) is 60.3 Å². The summed E-state index contributed by atoms with van der Waals surface area (Å²) in [5.74, 6) is -0.648. The summed E-state index contributed by atoms with van der Waals surface area (Å²) >= 11 is 2.92. The van der Waals surface area contributed by atoms with Crippen molar-refractivity contribution in [1.29, 1.82) is 0 Å². The lowest BCUT2D eigenvalue weighted by Gasteiger charge is -2.24. The molecule has 0 fully saturated rings. The van der Waals surface area contributed by atoms with Crippen LogP contribution in [0.2, 0.25) is 0 Å². The summed E-state index contributed by atoms with van der Waals surface area (Å²) in [5.41, 5.74) is 0. The minimum absolute atomic E-state index is 0.154. The van der Waals surface area contributed by atoms with E-state index in [2.05, 4.69) is 20.7 Å². The van der Waals surface area contributed by atoms with Crippen molar-refractivity contribution < 1.29 is 27.8 Å². The van der Waals surface area contributed by atoms with Crippen LogP contribution < -0.4 is 0 Å². The van der Waals surface area contributed by atoms with Crippen molar-refractivity contribution in [3.63, 3.8) is 0 Å². The van der Waals surface area contributed by atoms with Crippen molar-refractivity contribution in [1.82, 2.24) is 4.90 Å². The fourth-order valence-electron chi connectivity index (χ4n) is 1.06. The van der Waals surface area contributed by atoms with Gasteiger partial charge in [0.25, 0.3) is 0 Å². The first-order chi connectivity index (χ1) is 7.30. The number of halogens is 4. The van der Waals surface area contributed by atoms with Crippen LogP contribution in [0.3, 0.4) is 0 Å². The minimum Gasteiger partial charge on any atom is -0.468 e. The molecule has 8 heteroatoms. The lowest BCUT2D eigenvalue weighted by Crippen LogP contribution is -2.41. The number of methoxy groups -OCH3 is 1. The second kappa shape index (κ2) is 7.08. The van der Waals surface area contributed by atoms with Gasteiger partial charge in [-0.05, 0) is 0 Å². The third-order valence-corrected chi connectivity index (χ3v) is 2.36. The summed E-state index contributed by atoms with van der Waals surface area (Å²) in [6, 6.07) is 0. The summed E-state index contributed by atoms with van der Waals surface area (Å²) in [6.07, 6.45) is -4.36. The van der Waals surface area contributed by atoms with E-state index in [-0.39, 0.29) is 13.1 Å². The summed E-state index contributed by atoms with van der Waals surface area (Å²) in [5, 5.41) is 8.60. The van der Waals surface area contributed by atoms with Gasteiger partial charge >= 0.3 is 12.1 Å². The summed E-state index contributed by atoms with van der Waals surface area (Å²) in [7, 11) is 1.15. The van der Waals surface area contributed by atoms with E-state index in [4.69, 9.17) is 5.11 Å². The second-order valence-corrected chi connectivity index (χ2v) is 4.17. The topological polar surface area (TPSA) is 49.8 Å². The van der Waals surface area contributed by atoms with E-state index in [1.165, 1.54) is 0 Å². The number of aliphatic hydroxyl groups excluding tert-OH is 1. The first-order valence-electron chi connectivity index (χ1n) is 4.42. The number of hydrogen-bond donors (Lipinski definition) is 1. The van der Waals surface area contributed by atoms with Crippen LogP contribution in [-0.2, 0) is 9.53 Å². The third kappa shape index (κ3) is 7.02. The Hall–Kier alpha value is -0.340. The third-order valence-electron chi connectivity index (χ3n) is 1.69. The van der Waals surface area contributed by atoms with E-state index in [0.29, 0.717) is 0 Å². The van der Waals surface area contributed by atoms with Gasteiger partial charge in [0.15, 0.2) is 0 Å². The molecule has 0 aromatic carbocycles. The van der Waals surface area contributed by atoms with Crippen molar-refractivity contribution in [2.45, 2.75) is 11.0 Å². The predicted molar refractivity (Wildman–Crippen MR) is 54.3 cm³/mol. The van der Waals surface area contributed by atoms with Gasteiger partial charge in [-0.3, -0.25) is 9.69 Å². The molecular formula is C8H13BrF3NO3. The first kappa shape index (κ1) is 15.7. The van der Waals surface area contributed by atoms with E-state index in [0.717, 1.165) is 12.0 Å². The molecule has 1 N–H and O–H groups in total. The van der Waals surface area contributed by atoms with E-state index in [1.54, 1.807) is 0 Å². The Labute approximate surface area is 99.5 Å². The molecule has 0 saturated carbocycles. The number of carbonyl (C=O) groups excluding carboxylic acids is 1. The van der Waals surface area contributed by atoms with Gasteiger partial charge in [-0.25, -0.2) is 0 Å². The molecule has 0 aliphatic heterocycles. The van der Waals surface area contributed by atoms with Crippen LogP contribution in [0, 0.1) is 0 Å². The van der Waals surface area contributed by atoms with Crippen LogP contribution in [0.4, 0.5) is 13.2 Å². The predicted octanol–water partition coefficient (Wildman–Crippen LogP) is 0.779. The Bertz CT molecular complexity index is 225. The molecule has 0 aromatic heterocycles. The SMILES string of the molecule is COC(=O)C(Br)CN(CCO)CC(F)(F)F. The smallest absolute Gasteiger partial charge is 0.401 e. The Morgan fingerprint density at radius 3 is 2.50 bits per heavy atom. The monoisotopic (exact) mass is 307 g/mol. The molecule has 0 bridgehead atoms. The molecule has 0 radical (unpaired) electrons. The maximum absolute atomic E-state index is 12.1. The number of carbonyl (C=O) groups is 1. The Balaban J connectivity index is 4.27. The summed E-state index contributed by atoms with van der Waals surface area (Å²) < 4.78 is 40.7. The molecule has 0 saturated heterocycles. The zero-order chi connectivity index (χ0) is 12.8. The van der Waals surface area contributed by atoms with E-state index in [9.17, 15) is 18.0 Å². The number of alkyl halides is 4. The molecule has 0 heterocycles. The van der Waals surface area contributed by atoms with E-state index in [1.807, 2.05) is 0 Å². The van der Waals surface area contributed by atoms with Gasteiger partial charge in [0, 0.05) is 13.1 Å². The van der Waals surface area contributed by atoms with Gasteiger partial charge < -0.3 is 9.84 Å². The highest BCUT2D eigenvalue weighted by molar-refractivity contribution is 9.10.